The molecule has 3 nitrogen and oxygen atoms in total. The van der Waals surface area contributed by atoms with E-state index in [-0.39, 0.29) is 18.3 Å². The minimum Gasteiger partial charge on any atom is -0.352 e. The molecule has 0 saturated heterocycles. The van der Waals surface area contributed by atoms with Crippen molar-refractivity contribution in [2.45, 2.75) is 31.7 Å². The lowest BCUT2D eigenvalue weighted by Gasteiger charge is -2.23. The summed E-state index contributed by atoms with van der Waals surface area (Å²) in [4.78, 5) is 13.5. The van der Waals surface area contributed by atoms with Crippen LogP contribution in [0.15, 0.2) is 0 Å². The molecular formula is C11H21ClN2O. The molecule has 2 rings (SSSR count). The van der Waals surface area contributed by atoms with E-state index in [9.17, 15) is 4.79 Å². The van der Waals surface area contributed by atoms with Gasteiger partial charge in [0.25, 0.3) is 0 Å². The molecule has 2 bridgehead atoms. The van der Waals surface area contributed by atoms with E-state index in [0.29, 0.717) is 12.6 Å². The number of amides is 1. The Bertz CT molecular complexity index is 233. The van der Waals surface area contributed by atoms with Crippen LogP contribution in [0.3, 0.4) is 0 Å². The standard InChI is InChI=1S/C11H20N2O.ClH/c1-13(2)7-11(14)12-10-6-8-3-4-9(10)5-8;/h8-10H,3-7H2,1-2H3,(H,12,14);1H/t8?,9?,10-;/m1./s1. The molecule has 15 heavy (non-hydrogen) atoms. The van der Waals surface area contributed by atoms with Crippen molar-refractivity contribution in [3.05, 3.63) is 0 Å². The molecule has 1 amide bonds. The van der Waals surface area contributed by atoms with Gasteiger partial charge >= 0.3 is 0 Å². The minimum atomic E-state index is 0. The van der Waals surface area contributed by atoms with E-state index in [1.807, 2.05) is 19.0 Å². The number of carbonyl (C=O) groups is 1. The summed E-state index contributed by atoms with van der Waals surface area (Å²) in [5.41, 5.74) is 0. The molecule has 88 valence electrons. The number of rotatable bonds is 3. The maximum atomic E-state index is 11.5. The molecule has 4 heteroatoms. The zero-order chi connectivity index (χ0) is 10.1. The summed E-state index contributed by atoms with van der Waals surface area (Å²) < 4.78 is 0. The Hall–Kier alpha value is -0.280. The van der Waals surface area contributed by atoms with Crippen LogP contribution in [0.25, 0.3) is 0 Å². The number of hydrogen-bond acceptors (Lipinski definition) is 2. The van der Waals surface area contributed by atoms with Crippen molar-refractivity contribution in [2.75, 3.05) is 20.6 Å². The molecule has 0 aromatic heterocycles. The van der Waals surface area contributed by atoms with Crippen molar-refractivity contribution in [2.24, 2.45) is 11.8 Å². The van der Waals surface area contributed by atoms with Crippen LogP contribution < -0.4 is 5.32 Å². The number of nitrogens with one attached hydrogen (secondary N) is 1. The predicted octanol–water partition coefficient (Wildman–Crippen LogP) is 1.27. The highest BCUT2D eigenvalue weighted by molar-refractivity contribution is 5.85. The Morgan fingerprint density at radius 3 is 2.53 bits per heavy atom. The van der Waals surface area contributed by atoms with E-state index in [4.69, 9.17) is 0 Å². The van der Waals surface area contributed by atoms with Crippen molar-refractivity contribution in [1.29, 1.82) is 0 Å². The third-order valence-electron chi connectivity index (χ3n) is 3.54. The Morgan fingerprint density at radius 1 is 1.33 bits per heavy atom. The highest BCUT2D eigenvalue weighted by atomic mass is 35.5. The van der Waals surface area contributed by atoms with Gasteiger partial charge in [0.1, 0.15) is 0 Å². The first kappa shape index (κ1) is 12.8. The lowest BCUT2D eigenvalue weighted by Crippen LogP contribution is -2.42. The fraction of sp³-hybridized carbons (Fsp3) is 0.909. The molecule has 0 aliphatic heterocycles. The van der Waals surface area contributed by atoms with Gasteiger partial charge in [0.15, 0.2) is 0 Å². The minimum absolute atomic E-state index is 0. The van der Waals surface area contributed by atoms with E-state index in [1.165, 1.54) is 25.7 Å². The highest BCUT2D eigenvalue weighted by Crippen LogP contribution is 2.44. The smallest absolute Gasteiger partial charge is 0.234 e. The van der Waals surface area contributed by atoms with Gasteiger partial charge in [0.05, 0.1) is 6.54 Å². The van der Waals surface area contributed by atoms with Crippen LogP contribution in [0, 0.1) is 11.8 Å². The van der Waals surface area contributed by atoms with Gasteiger partial charge in [-0.2, -0.15) is 0 Å². The average Bonchev–Trinajstić information content (AvgIpc) is 2.62. The molecule has 2 aliphatic rings. The average molecular weight is 233 g/mol. The number of likely N-dealkylation sites (N-methyl/N-ethyl adjacent to an activating group) is 1. The van der Waals surface area contributed by atoms with E-state index in [2.05, 4.69) is 5.32 Å². The predicted molar refractivity (Wildman–Crippen MR) is 63.2 cm³/mol. The van der Waals surface area contributed by atoms with Crippen molar-refractivity contribution in [3.63, 3.8) is 0 Å². The summed E-state index contributed by atoms with van der Waals surface area (Å²) in [6.07, 6.45) is 5.30. The van der Waals surface area contributed by atoms with Crippen molar-refractivity contribution >= 4 is 18.3 Å². The Kier molecular flexibility index (Phi) is 4.41. The second-order valence-corrected chi connectivity index (χ2v) is 5.09. The number of hydrogen-bond donors (Lipinski definition) is 1. The van der Waals surface area contributed by atoms with Crippen LogP contribution in [-0.4, -0.2) is 37.5 Å². The fourth-order valence-electron chi connectivity index (χ4n) is 2.96. The van der Waals surface area contributed by atoms with E-state index in [0.717, 1.165) is 11.8 Å². The van der Waals surface area contributed by atoms with Crippen LogP contribution in [0.2, 0.25) is 0 Å². The fourth-order valence-corrected chi connectivity index (χ4v) is 2.96. The van der Waals surface area contributed by atoms with Gasteiger partial charge in [-0.1, -0.05) is 6.42 Å². The molecule has 2 saturated carbocycles. The van der Waals surface area contributed by atoms with Gasteiger partial charge in [-0.05, 0) is 45.2 Å². The molecule has 2 unspecified atom stereocenters. The topological polar surface area (TPSA) is 32.3 Å². The summed E-state index contributed by atoms with van der Waals surface area (Å²) >= 11 is 0. The zero-order valence-electron chi connectivity index (χ0n) is 9.53. The SMILES string of the molecule is CN(C)CC(=O)N[C@@H]1CC2CCC1C2.Cl. The summed E-state index contributed by atoms with van der Waals surface area (Å²) in [7, 11) is 3.86. The lowest BCUT2D eigenvalue weighted by molar-refractivity contribution is -0.122. The molecule has 0 aromatic rings. The van der Waals surface area contributed by atoms with Gasteiger partial charge in [0.2, 0.25) is 5.91 Å². The number of fused-ring (bicyclic) bond motifs is 2. The summed E-state index contributed by atoms with van der Waals surface area (Å²) in [6, 6.07) is 0.487. The van der Waals surface area contributed by atoms with Crippen LogP contribution in [0.4, 0.5) is 0 Å². The van der Waals surface area contributed by atoms with Gasteiger partial charge < -0.3 is 10.2 Å². The monoisotopic (exact) mass is 232 g/mol. The van der Waals surface area contributed by atoms with Crippen LogP contribution in [0.1, 0.15) is 25.7 Å². The molecule has 0 heterocycles. The van der Waals surface area contributed by atoms with Gasteiger partial charge in [-0.15, -0.1) is 12.4 Å². The first-order valence-electron chi connectivity index (χ1n) is 5.59. The molecule has 0 radical (unpaired) electrons. The van der Waals surface area contributed by atoms with Crippen LogP contribution in [0.5, 0.6) is 0 Å². The maximum absolute atomic E-state index is 11.5. The molecular weight excluding hydrogens is 212 g/mol. The zero-order valence-corrected chi connectivity index (χ0v) is 10.3. The summed E-state index contributed by atoms with van der Waals surface area (Å²) in [6.45, 7) is 0.522. The van der Waals surface area contributed by atoms with E-state index < -0.39 is 0 Å². The number of carbonyl (C=O) groups excluding carboxylic acids is 1. The number of halogens is 1. The Labute approximate surface area is 98.0 Å². The van der Waals surface area contributed by atoms with Gasteiger partial charge in [0, 0.05) is 6.04 Å². The first-order valence-corrected chi connectivity index (χ1v) is 5.59. The van der Waals surface area contributed by atoms with Gasteiger partial charge in [-0.3, -0.25) is 4.79 Å². The lowest BCUT2D eigenvalue weighted by atomic mass is 9.95. The second-order valence-electron chi connectivity index (χ2n) is 5.09. The first-order chi connectivity index (χ1) is 6.65. The van der Waals surface area contributed by atoms with Crippen LogP contribution >= 0.6 is 12.4 Å². The van der Waals surface area contributed by atoms with E-state index in [1.54, 1.807) is 0 Å². The van der Waals surface area contributed by atoms with Crippen LogP contribution in [-0.2, 0) is 4.79 Å². The summed E-state index contributed by atoms with van der Waals surface area (Å²) in [5, 5.41) is 3.16. The van der Waals surface area contributed by atoms with Crippen molar-refractivity contribution in [1.82, 2.24) is 10.2 Å². The summed E-state index contributed by atoms with van der Waals surface area (Å²) in [5.74, 6) is 1.88. The van der Waals surface area contributed by atoms with Crippen molar-refractivity contribution in [3.8, 4) is 0 Å². The molecule has 0 aromatic carbocycles. The molecule has 2 aliphatic carbocycles. The molecule has 3 atom stereocenters. The quantitative estimate of drug-likeness (QED) is 0.795. The largest absolute Gasteiger partial charge is 0.352 e. The normalized spacial score (nSPS) is 32.9. The van der Waals surface area contributed by atoms with Crippen molar-refractivity contribution < 1.29 is 4.79 Å². The van der Waals surface area contributed by atoms with E-state index >= 15 is 0 Å². The number of nitrogens with zero attached hydrogens (tertiary/aromatic N) is 1. The Balaban J connectivity index is 0.00000112. The third kappa shape index (κ3) is 3.08. The molecule has 2 fully saturated rings. The Morgan fingerprint density at radius 2 is 2.07 bits per heavy atom. The highest BCUT2D eigenvalue weighted by Gasteiger charge is 2.39. The van der Waals surface area contributed by atoms with Gasteiger partial charge in [-0.25, -0.2) is 0 Å². The third-order valence-corrected chi connectivity index (χ3v) is 3.54. The molecule has 1 N–H and O–H groups in total. The second kappa shape index (κ2) is 5.17. The maximum Gasteiger partial charge on any atom is 0.234 e. The molecule has 0 spiro atoms.